The van der Waals surface area contributed by atoms with Gasteiger partial charge in [0.05, 0.1) is 6.54 Å². The lowest BCUT2D eigenvalue weighted by atomic mass is 9.83. The number of halogens is 3. The summed E-state index contributed by atoms with van der Waals surface area (Å²) in [6.45, 7) is 5.54. The zero-order valence-electron chi connectivity index (χ0n) is 12.7. The van der Waals surface area contributed by atoms with Crippen molar-refractivity contribution in [1.29, 1.82) is 0 Å². The van der Waals surface area contributed by atoms with Gasteiger partial charge in [0.15, 0.2) is 5.60 Å². The van der Waals surface area contributed by atoms with Gasteiger partial charge in [-0.2, -0.15) is 13.9 Å². The molecular formula is C15H18F3N5O. The topological polar surface area (TPSA) is 100 Å². The number of benzene rings is 1. The van der Waals surface area contributed by atoms with Crippen molar-refractivity contribution in [3.05, 3.63) is 61.1 Å². The Morgan fingerprint density at radius 1 is 1.33 bits per heavy atom. The molecule has 0 radical (unpaired) electrons. The second-order valence-electron chi connectivity index (χ2n) is 4.75. The van der Waals surface area contributed by atoms with Gasteiger partial charge in [0.2, 0.25) is 0 Å². The summed E-state index contributed by atoms with van der Waals surface area (Å²) < 4.78 is 44.0. The molecule has 0 aromatic heterocycles. The third-order valence-electron chi connectivity index (χ3n) is 3.21. The summed E-state index contributed by atoms with van der Waals surface area (Å²) in [4.78, 5) is 3.40. The standard InChI is InChI=1S/C15H18F3N5O/c1-3-13(21-4-2)15(17,18)14(24,9-23(20)10-22-19)11-7-5-6-8-12(11)16/h3-8,10,24H,1-2,9,19-20H2/b21-13+,22-10-. The number of hydrazone groups is 1. The van der Waals surface area contributed by atoms with Gasteiger partial charge >= 0.3 is 5.92 Å². The Balaban J connectivity index is 3.59. The van der Waals surface area contributed by atoms with Gasteiger partial charge in [0.1, 0.15) is 17.9 Å². The maximum atomic E-state index is 15.0. The van der Waals surface area contributed by atoms with E-state index in [1.165, 1.54) is 12.1 Å². The van der Waals surface area contributed by atoms with Crippen LogP contribution in [0.15, 0.2) is 59.8 Å². The zero-order chi connectivity index (χ0) is 18.4. The molecule has 0 amide bonds. The van der Waals surface area contributed by atoms with Gasteiger partial charge < -0.3 is 10.9 Å². The lowest BCUT2D eigenvalue weighted by Gasteiger charge is -2.38. The zero-order valence-corrected chi connectivity index (χ0v) is 12.7. The van der Waals surface area contributed by atoms with Crippen LogP contribution in [0.1, 0.15) is 5.56 Å². The number of alkyl halides is 2. The van der Waals surface area contributed by atoms with Crippen LogP contribution in [-0.4, -0.2) is 34.6 Å². The van der Waals surface area contributed by atoms with E-state index in [9.17, 15) is 18.3 Å². The monoisotopic (exact) mass is 341 g/mol. The molecule has 0 aliphatic rings. The number of allylic oxidation sites excluding steroid dienone is 1. The number of aliphatic imine (C=N–C) groups is 1. The van der Waals surface area contributed by atoms with E-state index in [1.807, 2.05) is 0 Å². The molecule has 1 atom stereocenters. The molecule has 1 rings (SSSR count). The summed E-state index contributed by atoms with van der Waals surface area (Å²) in [7, 11) is 0. The van der Waals surface area contributed by atoms with E-state index in [-0.39, 0.29) is 0 Å². The van der Waals surface area contributed by atoms with Crippen molar-refractivity contribution in [2.24, 2.45) is 21.8 Å². The fourth-order valence-corrected chi connectivity index (χ4v) is 2.11. The van der Waals surface area contributed by atoms with E-state index in [0.29, 0.717) is 5.01 Å². The normalized spacial score (nSPS) is 15.1. The molecule has 0 bridgehead atoms. The number of rotatable bonds is 8. The van der Waals surface area contributed by atoms with Crippen LogP contribution >= 0.6 is 0 Å². The number of nitrogens with two attached hydrogens (primary N) is 2. The molecule has 0 saturated heterocycles. The first-order chi connectivity index (χ1) is 11.2. The Bertz CT molecular complexity index is 662. The van der Waals surface area contributed by atoms with Crippen molar-refractivity contribution in [3.8, 4) is 0 Å². The van der Waals surface area contributed by atoms with Crippen molar-refractivity contribution in [2.75, 3.05) is 6.54 Å². The van der Waals surface area contributed by atoms with Crippen LogP contribution in [-0.2, 0) is 5.60 Å². The maximum absolute atomic E-state index is 15.0. The van der Waals surface area contributed by atoms with Gasteiger partial charge in [-0.25, -0.2) is 10.2 Å². The van der Waals surface area contributed by atoms with Gasteiger partial charge in [0, 0.05) is 11.8 Å². The number of nitrogens with zero attached hydrogens (tertiary/aromatic N) is 3. The fraction of sp³-hybridized carbons (Fsp3) is 0.200. The molecule has 9 heteroatoms. The third-order valence-corrected chi connectivity index (χ3v) is 3.21. The molecule has 0 aliphatic heterocycles. The average molecular weight is 341 g/mol. The minimum absolute atomic E-state index is 0.606. The van der Waals surface area contributed by atoms with E-state index < -0.39 is 35.2 Å². The molecule has 1 aromatic carbocycles. The fourth-order valence-electron chi connectivity index (χ4n) is 2.11. The van der Waals surface area contributed by atoms with E-state index in [1.54, 1.807) is 0 Å². The SMILES string of the molecule is C=C/N=C(\C=C)C(F)(F)C(O)(CN(N)/C=N\N)c1ccccc1F. The summed E-state index contributed by atoms with van der Waals surface area (Å²) in [6, 6.07) is 4.55. The molecule has 24 heavy (non-hydrogen) atoms. The third kappa shape index (κ3) is 3.63. The summed E-state index contributed by atoms with van der Waals surface area (Å²) >= 11 is 0. The average Bonchev–Trinajstić information content (AvgIpc) is 2.52. The largest absolute Gasteiger partial charge is 0.377 e. The summed E-state index contributed by atoms with van der Waals surface area (Å²) in [5.74, 6) is 5.29. The number of aliphatic hydroxyl groups is 1. The summed E-state index contributed by atoms with van der Waals surface area (Å²) in [5, 5.41) is 14.4. The summed E-state index contributed by atoms with van der Waals surface area (Å²) in [6.07, 6.45) is 2.40. The smallest absolute Gasteiger partial charge is 0.323 e. The highest BCUT2D eigenvalue weighted by molar-refractivity contribution is 6.01. The van der Waals surface area contributed by atoms with Crippen LogP contribution in [0.3, 0.4) is 0 Å². The number of hydrazine groups is 1. The Morgan fingerprint density at radius 3 is 2.46 bits per heavy atom. The van der Waals surface area contributed by atoms with Crippen molar-refractivity contribution in [1.82, 2.24) is 5.01 Å². The second kappa shape index (κ2) is 7.75. The van der Waals surface area contributed by atoms with Crippen LogP contribution in [0.5, 0.6) is 0 Å². The molecule has 0 heterocycles. The predicted octanol–water partition coefficient (Wildman–Crippen LogP) is 1.50. The summed E-state index contributed by atoms with van der Waals surface area (Å²) in [5.41, 5.74) is -4.65. The Hall–Kier alpha value is -2.65. The minimum atomic E-state index is -4.05. The molecule has 0 aliphatic carbocycles. The highest BCUT2D eigenvalue weighted by atomic mass is 19.3. The van der Waals surface area contributed by atoms with E-state index in [0.717, 1.165) is 30.7 Å². The van der Waals surface area contributed by atoms with Crippen molar-refractivity contribution in [3.63, 3.8) is 0 Å². The Kier molecular flexibility index (Phi) is 6.27. The van der Waals surface area contributed by atoms with Crippen molar-refractivity contribution in [2.45, 2.75) is 11.5 Å². The molecule has 6 nitrogen and oxygen atoms in total. The molecular weight excluding hydrogens is 323 g/mol. The molecule has 5 N–H and O–H groups in total. The van der Waals surface area contributed by atoms with Crippen LogP contribution < -0.4 is 11.7 Å². The lowest BCUT2D eigenvalue weighted by Crippen LogP contribution is -2.58. The number of hydrogen-bond donors (Lipinski definition) is 3. The highest BCUT2D eigenvalue weighted by Gasteiger charge is 2.58. The molecule has 1 aromatic rings. The van der Waals surface area contributed by atoms with Gasteiger partial charge in [-0.1, -0.05) is 31.4 Å². The predicted molar refractivity (Wildman–Crippen MR) is 86.6 cm³/mol. The van der Waals surface area contributed by atoms with Crippen LogP contribution in [0.25, 0.3) is 0 Å². The van der Waals surface area contributed by atoms with Gasteiger partial charge in [-0.05, 0) is 12.1 Å². The van der Waals surface area contributed by atoms with Crippen molar-refractivity contribution >= 4 is 12.1 Å². The van der Waals surface area contributed by atoms with Crippen LogP contribution in [0.2, 0.25) is 0 Å². The van der Waals surface area contributed by atoms with Gasteiger partial charge in [-0.3, -0.25) is 10.0 Å². The first kappa shape index (κ1) is 19.4. The molecule has 0 saturated carbocycles. The van der Waals surface area contributed by atoms with E-state index in [2.05, 4.69) is 23.3 Å². The van der Waals surface area contributed by atoms with Gasteiger partial charge in [-0.15, -0.1) is 0 Å². The Labute approximate surface area is 137 Å². The highest BCUT2D eigenvalue weighted by Crippen LogP contribution is 2.40. The molecule has 0 fully saturated rings. The molecule has 1 unspecified atom stereocenters. The molecule has 130 valence electrons. The van der Waals surface area contributed by atoms with E-state index >= 15 is 0 Å². The van der Waals surface area contributed by atoms with Gasteiger partial charge in [0.25, 0.3) is 0 Å². The first-order valence-electron chi connectivity index (χ1n) is 6.66. The molecule has 0 spiro atoms. The lowest BCUT2D eigenvalue weighted by molar-refractivity contribution is -0.150. The number of hydrogen-bond acceptors (Lipinski definition) is 5. The minimum Gasteiger partial charge on any atom is -0.377 e. The van der Waals surface area contributed by atoms with Crippen LogP contribution in [0.4, 0.5) is 13.2 Å². The Morgan fingerprint density at radius 2 is 1.96 bits per heavy atom. The second-order valence-corrected chi connectivity index (χ2v) is 4.75. The van der Waals surface area contributed by atoms with Crippen molar-refractivity contribution < 1.29 is 18.3 Å². The first-order valence-corrected chi connectivity index (χ1v) is 6.66. The van der Waals surface area contributed by atoms with E-state index in [4.69, 9.17) is 11.7 Å². The maximum Gasteiger partial charge on any atom is 0.323 e. The van der Waals surface area contributed by atoms with Crippen LogP contribution in [0, 0.1) is 5.82 Å². The quantitative estimate of drug-likeness (QED) is 0.289.